The predicted molar refractivity (Wildman–Crippen MR) is 59.1 cm³/mol. The Bertz CT molecular complexity index is 534. The van der Waals surface area contributed by atoms with Gasteiger partial charge in [-0.3, -0.25) is 0 Å². The van der Waals surface area contributed by atoms with Crippen LogP contribution in [0, 0.1) is 0 Å². The summed E-state index contributed by atoms with van der Waals surface area (Å²) in [7, 11) is 0. The Balaban J connectivity index is 2.08. The molecule has 0 spiro atoms. The van der Waals surface area contributed by atoms with E-state index in [9.17, 15) is 4.79 Å². The molecule has 1 aromatic carbocycles. The minimum Gasteiger partial charge on any atom is -0.316 e. The normalized spacial score (nSPS) is 21.2. The smallest absolute Gasteiger partial charge is 0.316 e. The summed E-state index contributed by atoms with van der Waals surface area (Å²) in [5, 5.41) is 3.34. The van der Waals surface area contributed by atoms with Crippen molar-refractivity contribution in [2.45, 2.75) is 12.3 Å². The first-order valence-electron chi connectivity index (χ1n) is 5.25. The fourth-order valence-electron chi connectivity index (χ4n) is 2.24. The molecule has 15 heavy (non-hydrogen) atoms. The minimum atomic E-state index is -0.133. The highest BCUT2D eigenvalue weighted by atomic mass is 16.1. The highest BCUT2D eigenvalue weighted by molar-refractivity contribution is 5.75. The third-order valence-corrected chi connectivity index (χ3v) is 3.07. The lowest BCUT2D eigenvalue weighted by atomic mass is 9.98. The van der Waals surface area contributed by atoms with E-state index in [0.29, 0.717) is 5.92 Å². The van der Waals surface area contributed by atoms with Crippen molar-refractivity contribution in [2.24, 2.45) is 0 Å². The van der Waals surface area contributed by atoms with Crippen molar-refractivity contribution in [1.29, 1.82) is 0 Å². The SMILES string of the molecule is O=c1[nH]c2ccc(C3CCNC3)cc2[nH]1. The quantitative estimate of drug-likeness (QED) is 0.645. The number of hydrogen-bond donors (Lipinski definition) is 3. The molecule has 2 heterocycles. The van der Waals surface area contributed by atoms with Gasteiger partial charge in [0.2, 0.25) is 0 Å². The largest absolute Gasteiger partial charge is 0.323 e. The maximum atomic E-state index is 11.1. The molecule has 0 bridgehead atoms. The van der Waals surface area contributed by atoms with E-state index in [2.05, 4.69) is 27.4 Å². The maximum absolute atomic E-state index is 11.1. The summed E-state index contributed by atoms with van der Waals surface area (Å²) in [6, 6.07) is 6.15. The highest BCUT2D eigenvalue weighted by Crippen LogP contribution is 2.24. The molecule has 3 rings (SSSR count). The molecule has 4 heteroatoms. The van der Waals surface area contributed by atoms with E-state index in [0.717, 1.165) is 24.1 Å². The lowest BCUT2D eigenvalue weighted by Gasteiger charge is -2.07. The monoisotopic (exact) mass is 203 g/mol. The van der Waals surface area contributed by atoms with Gasteiger partial charge in [-0.2, -0.15) is 0 Å². The Labute approximate surface area is 86.7 Å². The Kier molecular flexibility index (Phi) is 1.89. The number of rotatable bonds is 1. The fourth-order valence-corrected chi connectivity index (χ4v) is 2.24. The lowest BCUT2D eigenvalue weighted by molar-refractivity contribution is 0.764. The van der Waals surface area contributed by atoms with Crippen LogP contribution < -0.4 is 11.0 Å². The van der Waals surface area contributed by atoms with Gasteiger partial charge in [0, 0.05) is 6.54 Å². The molecule has 1 fully saturated rings. The summed E-state index contributed by atoms with van der Waals surface area (Å²) in [5.41, 5.74) is 2.97. The van der Waals surface area contributed by atoms with Gasteiger partial charge < -0.3 is 15.3 Å². The van der Waals surface area contributed by atoms with Crippen LogP contribution in [0.2, 0.25) is 0 Å². The highest BCUT2D eigenvalue weighted by Gasteiger charge is 2.16. The average Bonchev–Trinajstić information content (AvgIpc) is 2.82. The molecule has 0 aliphatic carbocycles. The number of aromatic amines is 2. The zero-order valence-corrected chi connectivity index (χ0v) is 8.34. The molecule has 4 nitrogen and oxygen atoms in total. The summed E-state index contributed by atoms with van der Waals surface area (Å²) in [6.45, 7) is 2.13. The molecular formula is C11H13N3O. The van der Waals surface area contributed by atoms with Crippen LogP contribution >= 0.6 is 0 Å². The fraction of sp³-hybridized carbons (Fsp3) is 0.364. The van der Waals surface area contributed by atoms with Crippen LogP contribution in [0.4, 0.5) is 0 Å². The molecule has 2 aromatic rings. The molecule has 0 amide bonds. The Morgan fingerprint density at radius 1 is 1.20 bits per heavy atom. The van der Waals surface area contributed by atoms with Crippen LogP contribution in [0.1, 0.15) is 17.9 Å². The lowest BCUT2D eigenvalue weighted by Crippen LogP contribution is -2.07. The predicted octanol–water partition coefficient (Wildman–Crippen LogP) is 0.933. The third kappa shape index (κ3) is 1.47. The number of hydrogen-bond acceptors (Lipinski definition) is 2. The topological polar surface area (TPSA) is 60.7 Å². The second kappa shape index (κ2) is 3.24. The summed E-state index contributed by atoms with van der Waals surface area (Å²) >= 11 is 0. The zero-order chi connectivity index (χ0) is 10.3. The van der Waals surface area contributed by atoms with Crippen molar-refractivity contribution in [3.05, 3.63) is 34.2 Å². The van der Waals surface area contributed by atoms with Crippen molar-refractivity contribution in [1.82, 2.24) is 15.3 Å². The van der Waals surface area contributed by atoms with Gasteiger partial charge in [-0.05, 0) is 36.6 Å². The van der Waals surface area contributed by atoms with E-state index in [1.165, 1.54) is 12.0 Å². The van der Waals surface area contributed by atoms with E-state index in [1.54, 1.807) is 0 Å². The van der Waals surface area contributed by atoms with Crippen LogP contribution in [0.25, 0.3) is 11.0 Å². The molecule has 3 N–H and O–H groups in total. The van der Waals surface area contributed by atoms with E-state index in [1.807, 2.05) is 6.07 Å². The Morgan fingerprint density at radius 3 is 2.87 bits per heavy atom. The van der Waals surface area contributed by atoms with Gasteiger partial charge in [0.25, 0.3) is 0 Å². The molecule has 0 radical (unpaired) electrons. The number of benzene rings is 1. The van der Waals surface area contributed by atoms with Crippen molar-refractivity contribution in [3.63, 3.8) is 0 Å². The van der Waals surface area contributed by atoms with Crippen LogP contribution in [-0.2, 0) is 0 Å². The van der Waals surface area contributed by atoms with Crippen LogP contribution in [0.5, 0.6) is 0 Å². The maximum Gasteiger partial charge on any atom is 0.323 e. The number of imidazole rings is 1. The van der Waals surface area contributed by atoms with Crippen LogP contribution in [0.15, 0.2) is 23.0 Å². The summed E-state index contributed by atoms with van der Waals surface area (Å²) < 4.78 is 0. The van der Waals surface area contributed by atoms with Gasteiger partial charge in [0.05, 0.1) is 11.0 Å². The van der Waals surface area contributed by atoms with Crippen molar-refractivity contribution >= 4 is 11.0 Å². The van der Waals surface area contributed by atoms with Crippen LogP contribution in [-0.4, -0.2) is 23.1 Å². The number of nitrogens with one attached hydrogen (secondary N) is 3. The Morgan fingerprint density at radius 2 is 2.07 bits per heavy atom. The second-order valence-electron chi connectivity index (χ2n) is 4.07. The first-order chi connectivity index (χ1) is 7.33. The molecule has 0 saturated carbocycles. The van der Waals surface area contributed by atoms with Gasteiger partial charge in [-0.25, -0.2) is 4.79 Å². The van der Waals surface area contributed by atoms with Crippen molar-refractivity contribution in [3.8, 4) is 0 Å². The van der Waals surface area contributed by atoms with Gasteiger partial charge in [-0.1, -0.05) is 6.07 Å². The standard InChI is InChI=1S/C11H13N3O/c15-11-13-9-2-1-7(5-10(9)14-11)8-3-4-12-6-8/h1-2,5,8,12H,3-4,6H2,(H2,13,14,15). The number of H-pyrrole nitrogens is 2. The minimum absolute atomic E-state index is 0.133. The molecule has 1 atom stereocenters. The van der Waals surface area contributed by atoms with E-state index >= 15 is 0 Å². The first-order valence-corrected chi connectivity index (χ1v) is 5.25. The zero-order valence-electron chi connectivity index (χ0n) is 8.34. The van der Waals surface area contributed by atoms with Gasteiger partial charge >= 0.3 is 5.69 Å². The average molecular weight is 203 g/mol. The molecular weight excluding hydrogens is 190 g/mol. The van der Waals surface area contributed by atoms with Gasteiger partial charge in [0.15, 0.2) is 0 Å². The summed E-state index contributed by atoms with van der Waals surface area (Å²) in [4.78, 5) is 16.6. The second-order valence-corrected chi connectivity index (χ2v) is 4.07. The summed E-state index contributed by atoms with van der Waals surface area (Å²) in [6.07, 6.45) is 1.18. The molecule has 1 aromatic heterocycles. The summed E-state index contributed by atoms with van der Waals surface area (Å²) in [5.74, 6) is 0.591. The Hall–Kier alpha value is -1.55. The number of fused-ring (bicyclic) bond motifs is 1. The van der Waals surface area contributed by atoms with Crippen molar-refractivity contribution in [2.75, 3.05) is 13.1 Å². The first kappa shape index (κ1) is 8.73. The van der Waals surface area contributed by atoms with E-state index < -0.39 is 0 Å². The van der Waals surface area contributed by atoms with Crippen LogP contribution in [0.3, 0.4) is 0 Å². The molecule has 1 saturated heterocycles. The third-order valence-electron chi connectivity index (χ3n) is 3.07. The van der Waals surface area contributed by atoms with E-state index in [4.69, 9.17) is 0 Å². The molecule has 1 unspecified atom stereocenters. The molecule has 1 aliphatic rings. The van der Waals surface area contributed by atoms with Gasteiger partial charge in [-0.15, -0.1) is 0 Å². The molecule has 78 valence electrons. The van der Waals surface area contributed by atoms with Gasteiger partial charge in [0.1, 0.15) is 0 Å². The van der Waals surface area contributed by atoms with Crippen molar-refractivity contribution < 1.29 is 0 Å². The number of aromatic nitrogens is 2. The molecule has 1 aliphatic heterocycles. The van der Waals surface area contributed by atoms with E-state index in [-0.39, 0.29) is 5.69 Å².